The first-order valence-corrected chi connectivity index (χ1v) is 12.4. The number of hydrogen-bond donors (Lipinski definition) is 4. The van der Waals surface area contributed by atoms with E-state index in [1.54, 1.807) is 80.0 Å². The van der Waals surface area contributed by atoms with E-state index in [2.05, 4.69) is 20.3 Å². The van der Waals surface area contributed by atoms with Gasteiger partial charge in [-0.25, -0.2) is 4.98 Å². The summed E-state index contributed by atoms with van der Waals surface area (Å²) in [6.45, 7) is 4.00. The Kier molecular flexibility index (Phi) is 9.41. The topological polar surface area (TPSA) is 137 Å². The van der Waals surface area contributed by atoms with Crippen LogP contribution in [0.5, 0.6) is 5.75 Å². The maximum absolute atomic E-state index is 13.1. The lowest BCUT2D eigenvalue weighted by Gasteiger charge is -2.21. The fraction of sp³-hybridized carbons (Fsp3) is 0.154. The molecule has 10 heteroatoms. The van der Waals surface area contributed by atoms with Crippen molar-refractivity contribution in [2.75, 3.05) is 7.11 Å². The molecule has 9 nitrogen and oxygen atoms in total. The van der Waals surface area contributed by atoms with Crippen molar-refractivity contribution in [1.29, 1.82) is 0 Å². The van der Waals surface area contributed by atoms with Gasteiger partial charge in [-0.05, 0) is 47.5 Å². The summed E-state index contributed by atoms with van der Waals surface area (Å²) in [5.41, 5.74) is 1.02. The fourth-order valence-electron chi connectivity index (χ4n) is 3.38. The van der Waals surface area contributed by atoms with Gasteiger partial charge in [0.15, 0.2) is 14.2 Å². The number of nitrogens with zero attached hydrogens (tertiary/aromatic N) is 2. The zero-order valence-electron chi connectivity index (χ0n) is 20.0. The summed E-state index contributed by atoms with van der Waals surface area (Å²) >= 11 is 0. The number of methoxy groups -OCH3 is 1. The molecule has 1 atom stereocenters. The minimum absolute atomic E-state index is 0.166. The van der Waals surface area contributed by atoms with E-state index >= 15 is 0 Å². The minimum Gasteiger partial charge on any atom is -0.497 e. The van der Waals surface area contributed by atoms with Gasteiger partial charge in [-0.2, -0.15) is 0 Å². The molecular weight excluding hydrogens is 479 g/mol. The van der Waals surface area contributed by atoms with Crippen LogP contribution in [-0.2, 0) is 0 Å². The third kappa shape index (κ3) is 6.40. The molecule has 4 aromatic rings. The van der Waals surface area contributed by atoms with Crippen LogP contribution < -0.4 is 20.9 Å². The third-order valence-electron chi connectivity index (χ3n) is 5.11. The number of carbonyl (C=O) groups excluding carboxylic acids is 1. The van der Waals surface area contributed by atoms with E-state index in [4.69, 9.17) is 4.74 Å². The normalized spacial score (nSPS) is 11.3. The maximum atomic E-state index is 13.1. The first-order chi connectivity index (χ1) is 17.5. The molecule has 2 heterocycles. The number of nitrogens with one attached hydrogen (secondary N) is 2. The highest BCUT2D eigenvalue weighted by atomic mass is 31.2. The second-order valence-electron chi connectivity index (χ2n) is 7.25. The molecule has 0 spiro atoms. The highest BCUT2D eigenvalue weighted by Crippen LogP contribution is 2.28. The summed E-state index contributed by atoms with van der Waals surface area (Å²) in [6.07, 6.45) is 2.79. The SMILES string of the molecule is CC.COc1ccc(C(NC(=O)c2cnc(-c3ccccn3)[nH]c2=O)c2cccc(P(O)O)c2)cc1. The molecule has 1 amide bonds. The van der Waals surface area contributed by atoms with Gasteiger partial charge in [-0.1, -0.05) is 44.2 Å². The van der Waals surface area contributed by atoms with Crippen LogP contribution >= 0.6 is 8.38 Å². The minimum atomic E-state index is -2.31. The molecule has 2 aromatic carbocycles. The summed E-state index contributed by atoms with van der Waals surface area (Å²) in [5.74, 6) is 0.256. The van der Waals surface area contributed by atoms with Crippen LogP contribution in [0.15, 0.2) is 83.9 Å². The highest BCUT2D eigenvalue weighted by molar-refractivity contribution is 7.54. The molecule has 2 aromatic heterocycles. The second kappa shape index (κ2) is 12.7. The molecule has 0 fully saturated rings. The van der Waals surface area contributed by atoms with Crippen LogP contribution in [0.4, 0.5) is 0 Å². The zero-order valence-corrected chi connectivity index (χ0v) is 20.9. The van der Waals surface area contributed by atoms with Crippen molar-refractivity contribution in [2.45, 2.75) is 19.9 Å². The van der Waals surface area contributed by atoms with Gasteiger partial charge in [0.05, 0.1) is 13.2 Å². The summed E-state index contributed by atoms with van der Waals surface area (Å²) in [7, 11) is -0.760. The number of benzene rings is 2. The highest BCUT2D eigenvalue weighted by Gasteiger charge is 2.21. The molecule has 0 aliphatic heterocycles. The number of amides is 1. The number of rotatable bonds is 7. The van der Waals surface area contributed by atoms with E-state index in [9.17, 15) is 19.4 Å². The second-order valence-corrected chi connectivity index (χ2v) is 8.35. The van der Waals surface area contributed by atoms with Gasteiger partial charge >= 0.3 is 0 Å². The van der Waals surface area contributed by atoms with Gasteiger partial charge in [0.25, 0.3) is 11.5 Å². The van der Waals surface area contributed by atoms with Gasteiger partial charge in [-0.15, -0.1) is 0 Å². The Morgan fingerprint density at radius 3 is 2.36 bits per heavy atom. The Hall–Kier alpha value is -3.91. The quantitative estimate of drug-likeness (QED) is 0.282. The van der Waals surface area contributed by atoms with E-state index < -0.39 is 25.9 Å². The number of hydrogen-bond acceptors (Lipinski definition) is 7. The van der Waals surface area contributed by atoms with Gasteiger partial charge in [0.1, 0.15) is 17.0 Å². The molecule has 186 valence electrons. The molecule has 0 aliphatic carbocycles. The van der Waals surface area contributed by atoms with Crippen molar-refractivity contribution in [1.82, 2.24) is 20.3 Å². The van der Waals surface area contributed by atoms with Crippen LogP contribution in [0, 0.1) is 0 Å². The Morgan fingerprint density at radius 1 is 1.00 bits per heavy atom. The van der Waals surface area contributed by atoms with E-state index in [-0.39, 0.29) is 11.4 Å². The average molecular weight is 506 g/mol. The van der Waals surface area contributed by atoms with E-state index in [1.807, 2.05) is 13.8 Å². The van der Waals surface area contributed by atoms with Crippen molar-refractivity contribution in [2.24, 2.45) is 0 Å². The molecule has 4 N–H and O–H groups in total. The lowest BCUT2D eigenvalue weighted by molar-refractivity contribution is 0.0941. The Morgan fingerprint density at radius 2 is 1.75 bits per heavy atom. The van der Waals surface area contributed by atoms with Gasteiger partial charge in [-0.3, -0.25) is 14.6 Å². The standard InChI is InChI=1S/C24H21N4O5P.C2H6/c1-33-17-10-8-15(9-11-17)21(16-5-4-6-18(13-16)34(31)32)27-23(29)19-14-26-22(28-24(19)30)20-7-2-3-12-25-20;1-2/h2-14,21,31-32H,1H3,(H,27,29)(H,26,28,30);1-2H3. The predicted octanol–water partition coefficient (Wildman–Crippen LogP) is 3.31. The summed E-state index contributed by atoms with van der Waals surface area (Å²) in [6, 6.07) is 18.2. The molecule has 0 aliphatic rings. The number of H-pyrrole nitrogens is 1. The Bertz CT molecular complexity index is 1340. The van der Waals surface area contributed by atoms with Crippen LogP contribution in [0.1, 0.15) is 41.4 Å². The number of carbonyl (C=O) groups is 1. The van der Waals surface area contributed by atoms with E-state index in [0.29, 0.717) is 27.9 Å². The van der Waals surface area contributed by atoms with Crippen molar-refractivity contribution in [3.63, 3.8) is 0 Å². The maximum Gasteiger partial charge on any atom is 0.264 e. The van der Waals surface area contributed by atoms with Crippen LogP contribution in [-0.4, -0.2) is 37.8 Å². The van der Waals surface area contributed by atoms with E-state index in [1.165, 1.54) is 6.20 Å². The van der Waals surface area contributed by atoms with E-state index in [0.717, 1.165) is 0 Å². The zero-order chi connectivity index (χ0) is 26.1. The average Bonchev–Trinajstić information content (AvgIpc) is 2.93. The van der Waals surface area contributed by atoms with Gasteiger partial charge in [0.2, 0.25) is 0 Å². The summed E-state index contributed by atoms with van der Waals surface area (Å²) < 4.78 is 5.21. The number of pyridine rings is 1. The first-order valence-electron chi connectivity index (χ1n) is 11.2. The number of aromatic amines is 1. The van der Waals surface area contributed by atoms with Crippen molar-refractivity contribution in [3.8, 4) is 17.3 Å². The summed E-state index contributed by atoms with van der Waals surface area (Å²) in [5, 5.41) is 3.19. The molecule has 0 saturated heterocycles. The van der Waals surface area contributed by atoms with Crippen molar-refractivity contribution < 1.29 is 19.3 Å². The van der Waals surface area contributed by atoms with Crippen molar-refractivity contribution in [3.05, 3.63) is 106 Å². The molecule has 0 bridgehead atoms. The molecule has 0 saturated carbocycles. The predicted molar refractivity (Wildman–Crippen MR) is 139 cm³/mol. The molecular formula is C26H27N4O5P. The number of aromatic nitrogens is 3. The van der Waals surface area contributed by atoms with Crippen LogP contribution in [0.25, 0.3) is 11.5 Å². The smallest absolute Gasteiger partial charge is 0.264 e. The Balaban J connectivity index is 0.00000176. The molecule has 1 unspecified atom stereocenters. The van der Waals surface area contributed by atoms with Crippen LogP contribution in [0.2, 0.25) is 0 Å². The number of ether oxygens (including phenoxy) is 1. The van der Waals surface area contributed by atoms with Crippen LogP contribution in [0.3, 0.4) is 0 Å². The van der Waals surface area contributed by atoms with Crippen molar-refractivity contribution >= 4 is 19.6 Å². The van der Waals surface area contributed by atoms with Gasteiger partial charge in [0, 0.05) is 17.7 Å². The Labute approximate surface area is 209 Å². The lowest BCUT2D eigenvalue weighted by atomic mass is 9.98. The fourth-order valence-corrected chi connectivity index (χ4v) is 3.87. The molecule has 4 rings (SSSR count). The molecule has 0 radical (unpaired) electrons. The third-order valence-corrected chi connectivity index (χ3v) is 5.85. The monoisotopic (exact) mass is 506 g/mol. The van der Waals surface area contributed by atoms with Gasteiger partial charge < -0.3 is 24.8 Å². The summed E-state index contributed by atoms with van der Waals surface area (Å²) in [4.78, 5) is 56.0. The largest absolute Gasteiger partial charge is 0.497 e. The molecule has 36 heavy (non-hydrogen) atoms. The first kappa shape index (κ1) is 26.7. The lowest BCUT2D eigenvalue weighted by Crippen LogP contribution is -2.34.